The van der Waals surface area contributed by atoms with Crippen molar-refractivity contribution in [1.29, 1.82) is 0 Å². The minimum absolute atomic E-state index is 0.773. The van der Waals surface area contributed by atoms with Crippen LogP contribution < -0.4 is 5.32 Å². The largest absolute Gasteiger partial charge is 0.311 e. The molecular weight excluding hydrogens is 244 g/mol. The summed E-state index contributed by atoms with van der Waals surface area (Å²) < 4.78 is 0. The highest BCUT2D eigenvalue weighted by molar-refractivity contribution is 5.02. The lowest BCUT2D eigenvalue weighted by molar-refractivity contribution is 0.456. The fraction of sp³-hybridized carbons (Fsp3) is 0.722. The maximum absolute atomic E-state index is 4.29. The second-order valence-electron chi connectivity index (χ2n) is 4.55. The van der Waals surface area contributed by atoms with Gasteiger partial charge in [-0.15, -0.1) is 0 Å². The van der Waals surface area contributed by atoms with E-state index in [2.05, 4.69) is 30.2 Å². The standard InChI is InChI=1S/C14H24N2.2C2H6/c1-3-4-5-8-13(2)11-15-12-14-9-6-7-10-16-14;2*1-2/h6-7,9-10,13,15H,3-5,8,11-12H2,1-2H3;2*1-2H3. The van der Waals surface area contributed by atoms with E-state index < -0.39 is 0 Å². The zero-order chi connectivity index (χ0) is 15.6. The number of unbranched alkanes of at least 4 members (excludes halogenated alkanes) is 2. The Balaban J connectivity index is 0. The van der Waals surface area contributed by atoms with Gasteiger partial charge in [0.05, 0.1) is 5.69 Å². The maximum atomic E-state index is 4.29. The molecule has 0 saturated heterocycles. The van der Waals surface area contributed by atoms with E-state index in [0.29, 0.717) is 0 Å². The van der Waals surface area contributed by atoms with Gasteiger partial charge in [-0.3, -0.25) is 4.98 Å². The molecule has 0 amide bonds. The zero-order valence-corrected chi connectivity index (χ0v) is 14.6. The third kappa shape index (κ3) is 13.5. The molecule has 0 bridgehead atoms. The van der Waals surface area contributed by atoms with E-state index in [0.717, 1.165) is 24.7 Å². The van der Waals surface area contributed by atoms with Crippen LogP contribution in [0.3, 0.4) is 0 Å². The molecule has 1 atom stereocenters. The summed E-state index contributed by atoms with van der Waals surface area (Å²) in [6, 6.07) is 6.06. The first-order valence-electron chi connectivity index (χ1n) is 8.43. The van der Waals surface area contributed by atoms with Crippen LogP contribution in [0.25, 0.3) is 0 Å². The Bertz CT molecular complexity index is 259. The second-order valence-corrected chi connectivity index (χ2v) is 4.55. The van der Waals surface area contributed by atoms with Crippen LogP contribution in [0.2, 0.25) is 0 Å². The Kier molecular flexibility index (Phi) is 19.4. The minimum atomic E-state index is 0.773. The Morgan fingerprint density at radius 3 is 2.35 bits per heavy atom. The molecule has 0 aliphatic carbocycles. The summed E-state index contributed by atoms with van der Waals surface area (Å²) in [5.41, 5.74) is 1.13. The van der Waals surface area contributed by atoms with Crippen molar-refractivity contribution in [2.75, 3.05) is 6.54 Å². The fourth-order valence-corrected chi connectivity index (χ4v) is 1.79. The fourth-order valence-electron chi connectivity index (χ4n) is 1.79. The summed E-state index contributed by atoms with van der Waals surface area (Å²) in [5.74, 6) is 0.773. The molecule has 1 aromatic heterocycles. The average Bonchev–Trinajstić information content (AvgIpc) is 2.53. The molecule has 20 heavy (non-hydrogen) atoms. The molecule has 0 radical (unpaired) electrons. The molecule has 0 aliphatic rings. The summed E-state index contributed by atoms with van der Waals surface area (Å²) in [6.45, 7) is 14.6. The zero-order valence-electron chi connectivity index (χ0n) is 14.6. The minimum Gasteiger partial charge on any atom is -0.311 e. The van der Waals surface area contributed by atoms with E-state index >= 15 is 0 Å². The summed E-state index contributed by atoms with van der Waals surface area (Å²) in [7, 11) is 0. The summed E-state index contributed by atoms with van der Waals surface area (Å²) in [6.07, 6.45) is 7.23. The van der Waals surface area contributed by atoms with Crippen LogP contribution in [-0.2, 0) is 6.54 Å². The molecule has 2 nitrogen and oxygen atoms in total. The van der Waals surface area contributed by atoms with Gasteiger partial charge in [0.2, 0.25) is 0 Å². The van der Waals surface area contributed by atoms with E-state index in [4.69, 9.17) is 0 Å². The third-order valence-electron chi connectivity index (χ3n) is 2.83. The van der Waals surface area contributed by atoms with Crippen LogP contribution in [0.15, 0.2) is 24.4 Å². The second kappa shape index (κ2) is 18.1. The molecule has 1 unspecified atom stereocenters. The lowest BCUT2D eigenvalue weighted by Crippen LogP contribution is -2.21. The van der Waals surface area contributed by atoms with Crippen molar-refractivity contribution in [2.24, 2.45) is 5.92 Å². The van der Waals surface area contributed by atoms with E-state index in [-0.39, 0.29) is 0 Å². The number of rotatable bonds is 8. The molecule has 1 N–H and O–H groups in total. The predicted molar refractivity (Wildman–Crippen MR) is 91.9 cm³/mol. The van der Waals surface area contributed by atoms with Crippen LogP contribution in [0.5, 0.6) is 0 Å². The Morgan fingerprint density at radius 1 is 1.10 bits per heavy atom. The van der Waals surface area contributed by atoms with Crippen LogP contribution >= 0.6 is 0 Å². The lowest BCUT2D eigenvalue weighted by atomic mass is 10.0. The molecule has 2 heteroatoms. The molecule has 1 rings (SSSR count). The highest BCUT2D eigenvalue weighted by Gasteiger charge is 2.01. The van der Waals surface area contributed by atoms with Crippen molar-refractivity contribution in [1.82, 2.24) is 10.3 Å². The topological polar surface area (TPSA) is 24.9 Å². The van der Waals surface area contributed by atoms with Crippen molar-refractivity contribution in [3.8, 4) is 0 Å². The highest BCUT2D eigenvalue weighted by atomic mass is 14.9. The van der Waals surface area contributed by atoms with Crippen molar-refractivity contribution in [3.05, 3.63) is 30.1 Å². The first-order valence-corrected chi connectivity index (χ1v) is 8.43. The van der Waals surface area contributed by atoms with Gasteiger partial charge >= 0.3 is 0 Å². The van der Waals surface area contributed by atoms with Gasteiger partial charge in [0.15, 0.2) is 0 Å². The summed E-state index contributed by atoms with van der Waals surface area (Å²) >= 11 is 0. The number of pyridine rings is 1. The molecular formula is C18H36N2. The molecule has 0 saturated carbocycles. The molecule has 0 fully saturated rings. The van der Waals surface area contributed by atoms with Gasteiger partial charge in [0.25, 0.3) is 0 Å². The monoisotopic (exact) mass is 280 g/mol. The van der Waals surface area contributed by atoms with Crippen LogP contribution in [0, 0.1) is 5.92 Å². The first kappa shape index (κ1) is 21.4. The molecule has 0 spiro atoms. The van der Waals surface area contributed by atoms with Gasteiger partial charge in [-0.25, -0.2) is 0 Å². The molecule has 1 heterocycles. The predicted octanol–water partition coefficient (Wildman–Crippen LogP) is 5.44. The average molecular weight is 280 g/mol. The van der Waals surface area contributed by atoms with Gasteiger partial charge in [-0.2, -0.15) is 0 Å². The van der Waals surface area contributed by atoms with Gasteiger partial charge < -0.3 is 5.32 Å². The van der Waals surface area contributed by atoms with E-state index in [9.17, 15) is 0 Å². The molecule has 1 aromatic rings. The van der Waals surface area contributed by atoms with Gasteiger partial charge in [-0.05, 0) is 31.0 Å². The van der Waals surface area contributed by atoms with Crippen molar-refractivity contribution < 1.29 is 0 Å². The van der Waals surface area contributed by atoms with Crippen LogP contribution in [0.4, 0.5) is 0 Å². The number of nitrogens with zero attached hydrogens (tertiary/aromatic N) is 1. The van der Waals surface area contributed by atoms with Crippen molar-refractivity contribution >= 4 is 0 Å². The highest BCUT2D eigenvalue weighted by Crippen LogP contribution is 2.08. The first-order chi connectivity index (χ1) is 9.83. The smallest absolute Gasteiger partial charge is 0.0541 e. The van der Waals surface area contributed by atoms with Crippen molar-refractivity contribution in [2.45, 2.75) is 73.8 Å². The number of aromatic nitrogens is 1. The quantitative estimate of drug-likeness (QED) is 0.641. The van der Waals surface area contributed by atoms with Crippen LogP contribution in [0.1, 0.15) is 72.9 Å². The van der Waals surface area contributed by atoms with Gasteiger partial charge in [-0.1, -0.05) is 66.9 Å². The number of hydrogen-bond acceptors (Lipinski definition) is 2. The normalized spacial score (nSPS) is 10.7. The van der Waals surface area contributed by atoms with Gasteiger partial charge in [0, 0.05) is 12.7 Å². The summed E-state index contributed by atoms with van der Waals surface area (Å²) in [4.78, 5) is 4.29. The number of hydrogen-bond donors (Lipinski definition) is 1. The van der Waals surface area contributed by atoms with Crippen LogP contribution in [-0.4, -0.2) is 11.5 Å². The Hall–Kier alpha value is -0.890. The Morgan fingerprint density at radius 2 is 1.80 bits per heavy atom. The van der Waals surface area contributed by atoms with Gasteiger partial charge in [0.1, 0.15) is 0 Å². The van der Waals surface area contributed by atoms with E-state index in [1.807, 2.05) is 46.0 Å². The molecule has 0 aliphatic heterocycles. The van der Waals surface area contributed by atoms with Crippen molar-refractivity contribution in [3.63, 3.8) is 0 Å². The van der Waals surface area contributed by atoms with E-state index in [1.54, 1.807) is 0 Å². The third-order valence-corrected chi connectivity index (χ3v) is 2.83. The lowest BCUT2D eigenvalue weighted by Gasteiger charge is -2.11. The van der Waals surface area contributed by atoms with E-state index in [1.165, 1.54) is 25.7 Å². The summed E-state index contributed by atoms with van der Waals surface area (Å²) in [5, 5.41) is 3.47. The maximum Gasteiger partial charge on any atom is 0.0541 e. The SMILES string of the molecule is CC.CC.CCCCCC(C)CNCc1ccccn1. The molecule has 0 aromatic carbocycles. The molecule has 118 valence electrons. The Labute approximate surface area is 127 Å². The number of nitrogens with one attached hydrogen (secondary N) is 1.